The second-order valence-corrected chi connectivity index (χ2v) is 15.8. The zero-order chi connectivity index (χ0) is 11.9. The predicted molar refractivity (Wildman–Crippen MR) is 66.3 cm³/mol. The second kappa shape index (κ2) is 9.65. The van der Waals surface area contributed by atoms with Gasteiger partial charge in [-0.25, -0.2) is 0 Å². The summed E-state index contributed by atoms with van der Waals surface area (Å²) in [6.45, 7) is 0. The van der Waals surface area contributed by atoms with E-state index in [0.29, 0.717) is 0 Å². The van der Waals surface area contributed by atoms with Crippen molar-refractivity contribution in [1.29, 1.82) is 0 Å². The summed E-state index contributed by atoms with van der Waals surface area (Å²) >= 11 is -0.0422. The van der Waals surface area contributed by atoms with Gasteiger partial charge in [0.05, 0.1) is 0 Å². The molecule has 0 fully saturated rings. The van der Waals surface area contributed by atoms with E-state index < -0.39 is 20.6 Å². The van der Waals surface area contributed by atoms with E-state index in [1.807, 2.05) is 14.1 Å². The van der Waals surface area contributed by atoms with Crippen molar-refractivity contribution in [3.05, 3.63) is 0 Å². The molecule has 0 unspecified atom stereocenters. The van der Waals surface area contributed by atoms with Crippen molar-refractivity contribution >= 4 is 43.4 Å². The molecule has 0 aromatic rings. The molecule has 4 nitrogen and oxygen atoms in total. The van der Waals surface area contributed by atoms with Crippen LogP contribution in [0.15, 0.2) is 0 Å². The van der Waals surface area contributed by atoms with E-state index in [0.717, 1.165) is 0 Å². The average molecular weight is 414 g/mol. The van der Waals surface area contributed by atoms with E-state index in [1.54, 1.807) is 0 Å². The van der Waals surface area contributed by atoms with Gasteiger partial charge in [0, 0.05) is 0 Å². The summed E-state index contributed by atoms with van der Waals surface area (Å²) < 4.78 is 9.18. The van der Waals surface area contributed by atoms with Crippen molar-refractivity contribution in [2.75, 3.05) is 56.4 Å². The van der Waals surface area contributed by atoms with Gasteiger partial charge in [-0.05, 0) is 0 Å². The molecule has 0 spiro atoms. The van der Waals surface area contributed by atoms with E-state index >= 15 is 0 Å². The summed E-state index contributed by atoms with van der Waals surface area (Å²) in [6.07, 6.45) is 0. The van der Waals surface area contributed by atoms with E-state index in [-0.39, 0.29) is 0 Å². The summed E-state index contributed by atoms with van der Waals surface area (Å²) in [5, 5.41) is 0. The molecule has 0 aliphatic heterocycles. The standard InChI is InChI=1S/4C2H6N.2Sn/c4*1-3-2;;/h4*1-2H3;;/q4*-1;+1;+3. The Kier molecular flexibility index (Phi) is 12.3. The monoisotopic (exact) mass is 416 g/mol. The van der Waals surface area contributed by atoms with Crippen LogP contribution in [-0.4, -0.2) is 112 Å². The van der Waals surface area contributed by atoms with Gasteiger partial charge in [-0.2, -0.15) is 0 Å². The van der Waals surface area contributed by atoms with Gasteiger partial charge >= 0.3 is 112 Å². The molecular formula is C8H24N4Sn2. The average Bonchev–Trinajstić information content (AvgIpc) is 1.80. The van der Waals surface area contributed by atoms with Gasteiger partial charge < -0.3 is 0 Å². The molecule has 0 aromatic carbocycles. The number of nitrogens with zero attached hydrogens (tertiary/aromatic N) is 4. The van der Waals surface area contributed by atoms with Gasteiger partial charge in [-0.1, -0.05) is 0 Å². The molecular weight excluding hydrogens is 390 g/mol. The molecule has 0 bridgehead atoms. The van der Waals surface area contributed by atoms with Crippen LogP contribution in [0.3, 0.4) is 0 Å². The number of hydrogen-bond acceptors (Lipinski definition) is 4. The van der Waals surface area contributed by atoms with Crippen LogP contribution in [0, 0.1) is 0 Å². The Morgan fingerprint density at radius 2 is 0.786 bits per heavy atom. The molecule has 0 rings (SSSR count). The predicted octanol–water partition coefficient (Wildman–Crippen LogP) is -0.712. The molecule has 0 amide bonds. The van der Waals surface area contributed by atoms with Crippen LogP contribution in [0.5, 0.6) is 0 Å². The van der Waals surface area contributed by atoms with Crippen molar-refractivity contribution in [1.82, 2.24) is 12.5 Å². The summed E-state index contributed by atoms with van der Waals surface area (Å²) in [7, 11) is 17.0. The fourth-order valence-corrected chi connectivity index (χ4v) is 8.05. The van der Waals surface area contributed by atoms with Crippen molar-refractivity contribution in [2.24, 2.45) is 0 Å². The molecule has 4 radical (unpaired) electrons. The van der Waals surface area contributed by atoms with E-state index in [9.17, 15) is 0 Å². The normalized spacial score (nSPS) is 11.6. The van der Waals surface area contributed by atoms with Crippen LogP contribution in [-0.2, 0) is 0 Å². The molecule has 0 saturated carbocycles. The van der Waals surface area contributed by atoms with Gasteiger partial charge in [0.25, 0.3) is 0 Å². The van der Waals surface area contributed by atoms with Crippen molar-refractivity contribution in [3.63, 3.8) is 0 Å². The third kappa shape index (κ3) is 11.5. The number of hydrogen-bond donors (Lipinski definition) is 0. The van der Waals surface area contributed by atoms with Gasteiger partial charge in [-0.3, -0.25) is 0 Å². The summed E-state index contributed by atoms with van der Waals surface area (Å²) in [4.78, 5) is 0. The van der Waals surface area contributed by atoms with Gasteiger partial charge in [0.2, 0.25) is 0 Å². The minimum atomic E-state index is -1.51. The number of rotatable bonds is 3. The van der Waals surface area contributed by atoms with E-state index in [2.05, 4.69) is 54.8 Å². The maximum atomic E-state index is 2.36. The van der Waals surface area contributed by atoms with Crippen LogP contribution >= 0.6 is 0 Å². The Hall–Kier alpha value is 1.44. The van der Waals surface area contributed by atoms with Crippen LogP contribution in [0.1, 0.15) is 0 Å². The first-order valence-electron chi connectivity index (χ1n) is 4.47. The first-order valence-corrected chi connectivity index (χ1v) is 9.58. The first kappa shape index (κ1) is 17.8. The van der Waals surface area contributed by atoms with Gasteiger partial charge in [-0.15, -0.1) is 0 Å². The van der Waals surface area contributed by atoms with Crippen molar-refractivity contribution in [2.45, 2.75) is 0 Å². The fourth-order valence-electron chi connectivity index (χ4n) is 1.20. The summed E-state index contributed by atoms with van der Waals surface area (Å²) in [5.41, 5.74) is 0. The van der Waals surface area contributed by atoms with Gasteiger partial charge in [0.1, 0.15) is 0 Å². The molecule has 0 heterocycles. The zero-order valence-electron chi connectivity index (χ0n) is 10.8. The third-order valence-corrected chi connectivity index (χ3v) is 8.05. The quantitative estimate of drug-likeness (QED) is 0.567. The second-order valence-electron chi connectivity index (χ2n) is 3.88. The molecule has 14 heavy (non-hydrogen) atoms. The van der Waals surface area contributed by atoms with Crippen molar-refractivity contribution < 1.29 is 0 Å². The summed E-state index contributed by atoms with van der Waals surface area (Å²) in [5.74, 6) is 0. The molecule has 0 aliphatic rings. The molecule has 0 aromatic heterocycles. The Morgan fingerprint density at radius 3 is 0.786 bits per heavy atom. The van der Waals surface area contributed by atoms with Gasteiger partial charge in [0.15, 0.2) is 0 Å². The molecule has 0 saturated heterocycles. The zero-order valence-corrected chi connectivity index (χ0v) is 16.5. The Balaban J connectivity index is 0. The fraction of sp³-hybridized carbons (Fsp3) is 1.00. The van der Waals surface area contributed by atoms with Crippen LogP contribution in [0.4, 0.5) is 0 Å². The van der Waals surface area contributed by atoms with E-state index in [1.165, 1.54) is 22.8 Å². The molecule has 0 N–H and O–H groups in total. The Labute approximate surface area is 111 Å². The maximum absolute atomic E-state index is 2.36. The molecule has 6 heteroatoms. The topological polar surface area (TPSA) is 13.0 Å². The molecule has 84 valence electrons. The third-order valence-electron chi connectivity index (χ3n) is 1.20. The SMILES string of the molecule is C[N](C)[Sn].C[N](C)[Sn]([N](C)C)[N](C)C. The molecule has 0 aliphatic carbocycles. The van der Waals surface area contributed by atoms with Crippen LogP contribution in [0.2, 0.25) is 0 Å². The van der Waals surface area contributed by atoms with E-state index in [4.69, 9.17) is 0 Å². The minimum absolute atomic E-state index is 1.47. The first-order chi connectivity index (χ1) is 6.20. The Bertz CT molecular complexity index is 107. The van der Waals surface area contributed by atoms with Crippen LogP contribution < -0.4 is 0 Å². The van der Waals surface area contributed by atoms with Crippen molar-refractivity contribution in [3.8, 4) is 0 Å². The Morgan fingerprint density at radius 1 is 0.643 bits per heavy atom. The summed E-state index contributed by atoms with van der Waals surface area (Å²) in [6, 6.07) is 0. The molecule has 0 atom stereocenters. The van der Waals surface area contributed by atoms with Crippen LogP contribution in [0.25, 0.3) is 0 Å².